The minimum Gasteiger partial charge on any atom is -0.495 e. The van der Waals surface area contributed by atoms with Gasteiger partial charge in [0.2, 0.25) is 11.7 Å². The molecule has 164 valence electrons. The van der Waals surface area contributed by atoms with Crippen molar-refractivity contribution in [3.05, 3.63) is 47.5 Å². The molecule has 0 aromatic heterocycles. The SMILES string of the molecule is CCCCC(=O)Nc1cc(C(=CC#N)c2cc(OC)c(OC)c(OC)c2)ccc1OC. The fraction of sp³-hybridized carbons (Fsp3) is 0.333. The van der Waals surface area contributed by atoms with Gasteiger partial charge in [0.15, 0.2) is 11.5 Å². The maximum absolute atomic E-state index is 12.3. The third-order valence-electron chi connectivity index (χ3n) is 4.73. The van der Waals surface area contributed by atoms with Gasteiger partial charge in [0.1, 0.15) is 5.75 Å². The molecule has 0 spiro atoms. The maximum Gasteiger partial charge on any atom is 0.224 e. The zero-order valence-corrected chi connectivity index (χ0v) is 18.6. The van der Waals surface area contributed by atoms with Gasteiger partial charge < -0.3 is 24.3 Å². The summed E-state index contributed by atoms with van der Waals surface area (Å²) in [6.45, 7) is 2.03. The zero-order chi connectivity index (χ0) is 22.8. The molecule has 7 nitrogen and oxygen atoms in total. The van der Waals surface area contributed by atoms with E-state index in [-0.39, 0.29) is 5.91 Å². The van der Waals surface area contributed by atoms with E-state index in [9.17, 15) is 10.1 Å². The van der Waals surface area contributed by atoms with Gasteiger partial charge in [0.25, 0.3) is 0 Å². The number of carbonyl (C=O) groups is 1. The molecule has 0 heterocycles. The van der Waals surface area contributed by atoms with Gasteiger partial charge in [-0.2, -0.15) is 5.26 Å². The summed E-state index contributed by atoms with van der Waals surface area (Å²) in [5.41, 5.74) is 2.60. The second-order valence-corrected chi connectivity index (χ2v) is 6.67. The molecule has 31 heavy (non-hydrogen) atoms. The third kappa shape index (κ3) is 5.70. The van der Waals surface area contributed by atoms with E-state index in [1.165, 1.54) is 27.4 Å². The molecule has 0 atom stereocenters. The van der Waals surface area contributed by atoms with Gasteiger partial charge in [-0.15, -0.1) is 0 Å². The minimum atomic E-state index is -0.0871. The first-order valence-electron chi connectivity index (χ1n) is 9.91. The molecular weight excluding hydrogens is 396 g/mol. The summed E-state index contributed by atoms with van der Waals surface area (Å²) in [6.07, 6.45) is 3.60. The van der Waals surface area contributed by atoms with Gasteiger partial charge >= 0.3 is 0 Å². The Morgan fingerprint density at radius 3 is 2.13 bits per heavy atom. The van der Waals surface area contributed by atoms with Crippen LogP contribution in [-0.2, 0) is 4.79 Å². The van der Waals surface area contributed by atoms with Crippen LogP contribution in [0.2, 0.25) is 0 Å². The molecule has 0 saturated carbocycles. The number of nitriles is 1. The van der Waals surface area contributed by atoms with E-state index in [1.807, 2.05) is 13.0 Å². The molecular formula is C24H28N2O5. The molecule has 0 aliphatic heterocycles. The van der Waals surface area contributed by atoms with Crippen LogP contribution in [-0.4, -0.2) is 34.3 Å². The molecule has 0 aliphatic rings. The first-order chi connectivity index (χ1) is 15.0. The van der Waals surface area contributed by atoms with E-state index >= 15 is 0 Å². The summed E-state index contributed by atoms with van der Waals surface area (Å²) in [4.78, 5) is 12.3. The number of hydrogen-bond donors (Lipinski definition) is 1. The van der Waals surface area contributed by atoms with Crippen LogP contribution in [0.15, 0.2) is 36.4 Å². The van der Waals surface area contributed by atoms with Crippen LogP contribution in [0.25, 0.3) is 5.57 Å². The predicted molar refractivity (Wildman–Crippen MR) is 120 cm³/mol. The van der Waals surface area contributed by atoms with Crippen molar-refractivity contribution in [2.24, 2.45) is 0 Å². The molecule has 2 aromatic carbocycles. The first-order valence-corrected chi connectivity index (χ1v) is 9.91. The van der Waals surface area contributed by atoms with E-state index < -0.39 is 0 Å². The number of methoxy groups -OCH3 is 4. The van der Waals surface area contributed by atoms with Crippen LogP contribution in [0, 0.1) is 11.3 Å². The Morgan fingerprint density at radius 2 is 1.61 bits per heavy atom. The van der Waals surface area contributed by atoms with Gasteiger partial charge in [-0.25, -0.2) is 0 Å². The number of allylic oxidation sites excluding steroid dienone is 1. The number of rotatable bonds is 10. The van der Waals surface area contributed by atoms with E-state index in [0.29, 0.717) is 46.2 Å². The Kier molecular flexibility index (Phi) is 8.77. The summed E-state index contributed by atoms with van der Waals surface area (Å²) in [6, 6.07) is 11.0. The number of nitrogens with zero attached hydrogens (tertiary/aromatic N) is 1. The van der Waals surface area contributed by atoms with E-state index in [0.717, 1.165) is 18.4 Å². The standard InChI is InChI=1S/C24H28N2O5/c1-6-7-8-23(27)26-19-13-16(9-10-20(19)28-2)18(11-12-25)17-14-21(29-3)24(31-5)22(15-17)30-4/h9-11,13-15H,6-8H2,1-5H3,(H,26,27). The van der Waals surface area contributed by atoms with Gasteiger partial charge in [0.05, 0.1) is 40.2 Å². The Hall–Kier alpha value is -3.66. The van der Waals surface area contributed by atoms with Crippen LogP contribution < -0.4 is 24.3 Å². The molecule has 2 rings (SSSR count). The van der Waals surface area contributed by atoms with Gasteiger partial charge in [0, 0.05) is 12.5 Å². The van der Waals surface area contributed by atoms with E-state index in [1.54, 1.807) is 31.4 Å². The number of unbranched alkanes of at least 4 members (excludes halogenated alkanes) is 1. The van der Waals surface area contributed by atoms with Crippen molar-refractivity contribution in [1.82, 2.24) is 0 Å². The number of hydrogen-bond acceptors (Lipinski definition) is 6. The van der Waals surface area contributed by atoms with Crippen LogP contribution in [0.3, 0.4) is 0 Å². The monoisotopic (exact) mass is 424 g/mol. The molecule has 1 N–H and O–H groups in total. The average molecular weight is 424 g/mol. The molecule has 0 fully saturated rings. The van der Waals surface area contributed by atoms with Crippen LogP contribution >= 0.6 is 0 Å². The molecule has 0 aliphatic carbocycles. The molecule has 2 aromatic rings. The Balaban J connectivity index is 2.56. The number of amides is 1. The Bertz CT molecular complexity index is 967. The number of carbonyl (C=O) groups excluding carboxylic acids is 1. The lowest BCUT2D eigenvalue weighted by Gasteiger charge is -2.17. The first kappa shape index (κ1) is 23.6. The van der Waals surface area contributed by atoms with Crippen LogP contribution in [0.1, 0.15) is 37.3 Å². The van der Waals surface area contributed by atoms with Gasteiger partial charge in [-0.1, -0.05) is 19.4 Å². The van der Waals surface area contributed by atoms with Gasteiger partial charge in [-0.3, -0.25) is 4.79 Å². The normalized spacial score (nSPS) is 10.8. The molecule has 0 bridgehead atoms. The number of ether oxygens (including phenoxy) is 4. The summed E-state index contributed by atoms with van der Waals surface area (Å²) in [7, 11) is 6.14. The number of anilines is 1. The molecule has 0 unspecified atom stereocenters. The Labute approximate surface area is 183 Å². The highest BCUT2D eigenvalue weighted by atomic mass is 16.5. The van der Waals surface area contributed by atoms with Crippen molar-refractivity contribution in [3.63, 3.8) is 0 Å². The van der Waals surface area contributed by atoms with Gasteiger partial charge in [-0.05, 0) is 47.4 Å². The largest absolute Gasteiger partial charge is 0.495 e. The summed E-state index contributed by atoms with van der Waals surface area (Å²) in [5.74, 6) is 1.86. The van der Waals surface area contributed by atoms with Crippen LogP contribution in [0.5, 0.6) is 23.0 Å². The lowest BCUT2D eigenvalue weighted by molar-refractivity contribution is -0.116. The molecule has 7 heteroatoms. The van der Waals surface area contributed by atoms with Crippen molar-refractivity contribution < 1.29 is 23.7 Å². The minimum absolute atomic E-state index is 0.0871. The van der Waals surface area contributed by atoms with Crippen molar-refractivity contribution in [1.29, 1.82) is 5.26 Å². The second kappa shape index (κ2) is 11.5. The Morgan fingerprint density at radius 1 is 0.968 bits per heavy atom. The number of benzene rings is 2. The van der Waals surface area contributed by atoms with Crippen molar-refractivity contribution >= 4 is 17.2 Å². The van der Waals surface area contributed by atoms with E-state index in [4.69, 9.17) is 18.9 Å². The number of nitrogens with one attached hydrogen (secondary N) is 1. The predicted octanol–water partition coefficient (Wildman–Crippen LogP) is 4.80. The lowest BCUT2D eigenvalue weighted by atomic mass is 9.96. The average Bonchev–Trinajstić information content (AvgIpc) is 2.80. The summed E-state index contributed by atoms with van der Waals surface area (Å²) < 4.78 is 21.7. The van der Waals surface area contributed by atoms with Crippen molar-refractivity contribution in [2.45, 2.75) is 26.2 Å². The highest BCUT2D eigenvalue weighted by molar-refractivity contribution is 5.94. The van der Waals surface area contributed by atoms with Crippen molar-refractivity contribution in [3.8, 4) is 29.1 Å². The fourth-order valence-electron chi connectivity index (χ4n) is 3.16. The second-order valence-electron chi connectivity index (χ2n) is 6.67. The summed E-state index contributed by atoms with van der Waals surface area (Å²) in [5, 5.41) is 12.3. The fourth-order valence-corrected chi connectivity index (χ4v) is 3.16. The lowest BCUT2D eigenvalue weighted by Crippen LogP contribution is -2.12. The summed E-state index contributed by atoms with van der Waals surface area (Å²) >= 11 is 0. The maximum atomic E-state index is 12.3. The van der Waals surface area contributed by atoms with Crippen LogP contribution in [0.4, 0.5) is 5.69 Å². The highest BCUT2D eigenvalue weighted by Crippen LogP contribution is 2.41. The highest BCUT2D eigenvalue weighted by Gasteiger charge is 2.17. The van der Waals surface area contributed by atoms with Crippen molar-refractivity contribution in [2.75, 3.05) is 33.8 Å². The quantitative estimate of drug-likeness (QED) is 0.551. The third-order valence-corrected chi connectivity index (χ3v) is 4.73. The smallest absolute Gasteiger partial charge is 0.224 e. The molecule has 0 saturated heterocycles. The zero-order valence-electron chi connectivity index (χ0n) is 18.6. The molecule has 1 amide bonds. The molecule has 0 radical (unpaired) electrons. The topological polar surface area (TPSA) is 89.8 Å². The van der Waals surface area contributed by atoms with E-state index in [2.05, 4.69) is 11.4 Å².